The molecule has 0 aliphatic heterocycles. The number of halogens is 3. The first kappa shape index (κ1) is 10.7. The van der Waals surface area contributed by atoms with E-state index in [1.807, 2.05) is 0 Å². The molecule has 68 valence electrons. The van der Waals surface area contributed by atoms with Crippen LogP contribution in [-0.4, -0.2) is 30.0 Å². The molecule has 0 aliphatic rings. The van der Waals surface area contributed by atoms with Gasteiger partial charge in [0, 0.05) is 6.54 Å². The van der Waals surface area contributed by atoms with E-state index < -0.39 is 18.3 Å². The summed E-state index contributed by atoms with van der Waals surface area (Å²) >= 11 is 0. The van der Waals surface area contributed by atoms with Crippen LogP contribution >= 0.6 is 0 Å². The van der Waals surface area contributed by atoms with Gasteiger partial charge in [0.1, 0.15) is 0 Å². The van der Waals surface area contributed by atoms with Gasteiger partial charge in [0.25, 0.3) is 0 Å². The van der Waals surface area contributed by atoms with Crippen LogP contribution < -0.4 is 5.32 Å². The zero-order valence-corrected chi connectivity index (χ0v) is 6.50. The van der Waals surface area contributed by atoms with Crippen molar-refractivity contribution in [1.29, 1.82) is 0 Å². The van der Waals surface area contributed by atoms with E-state index in [1.54, 1.807) is 0 Å². The third kappa shape index (κ3) is 9.71. The third-order valence-corrected chi connectivity index (χ3v) is 0.883. The van der Waals surface area contributed by atoms with Gasteiger partial charge in [0.15, 0.2) is 0 Å². The van der Waals surface area contributed by atoms with Gasteiger partial charge in [-0.2, -0.15) is 13.2 Å². The predicted octanol–water partition coefficient (Wildman–Crippen LogP) is 0.909. The zero-order chi connectivity index (χ0) is 9.12. The van der Waals surface area contributed by atoms with E-state index in [4.69, 9.17) is 5.11 Å². The molecule has 2 nitrogen and oxygen atoms in total. The Labute approximate surface area is 63.4 Å². The molecule has 0 radical (unpaired) electrons. The molecular weight excluding hydrogens is 159 g/mol. The lowest BCUT2D eigenvalue weighted by Gasteiger charge is -2.18. The van der Waals surface area contributed by atoms with Gasteiger partial charge in [0.2, 0.25) is 0 Å². The summed E-state index contributed by atoms with van der Waals surface area (Å²) in [5, 5.41) is 11.1. The Morgan fingerprint density at radius 3 is 1.91 bits per heavy atom. The average Bonchev–Trinajstić information content (AvgIpc) is 1.55. The van der Waals surface area contributed by atoms with Crippen LogP contribution in [0.2, 0.25) is 0 Å². The Bertz CT molecular complexity index is 102. The van der Waals surface area contributed by atoms with Crippen molar-refractivity contribution in [2.45, 2.75) is 25.6 Å². The first-order chi connectivity index (χ1) is 4.71. The van der Waals surface area contributed by atoms with Crippen LogP contribution in [0.1, 0.15) is 13.8 Å². The highest BCUT2D eigenvalue weighted by Crippen LogP contribution is 2.12. The fourth-order valence-corrected chi connectivity index (χ4v) is 0.510. The third-order valence-electron chi connectivity index (χ3n) is 0.883. The summed E-state index contributed by atoms with van der Waals surface area (Å²) in [5.74, 6) is 0. The number of aliphatic hydroxyl groups is 1. The normalized spacial score (nSPS) is 13.6. The Morgan fingerprint density at radius 2 is 1.64 bits per heavy atom. The van der Waals surface area contributed by atoms with Crippen LogP contribution in [-0.2, 0) is 0 Å². The Hall–Kier alpha value is -0.290. The van der Waals surface area contributed by atoms with Gasteiger partial charge in [-0.1, -0.05) is 0 Å². The van der Waals surface area contributed by atoms with E-state index in [2.05, 4.69) is 5.32 Å². The molecule has 0 heterocycles. The van der Waals surface area contributed by atoms with Crippen molar-refractivity contribution >= 4 is 0 Å². The van der Waals surface area contributed by atoms with E-state index in [-0.39, 0.29) is 6.54 Å². The summed E-state index contributed by atoms with van der Waals surface area (Å²) in [5.41, 5.74) is -1.09. The van der Waals surface area contributed by atoms with Crippen molar-refractivity contribution in [3.8, 4) is 0 Å². The summed E-state index contributed by atoms with van der Waals surface area (Å²) in [4.78, 5) is 0. The van der Waals surface area contributed by atoms with Crippen molar-refractivity contribution in [2.75, 3.05) is 13.1 Å². The molecule has 2 N–H and O–H groups in total. The minimum Gasteiger partial charge on any atom is -0.389 e. The second kappa shape index (κ2) is 3.40. The molecule has 0 unspecified atom stereocenters. The van der Waals surface area contributed by atoms with Gasteiger partial charge in [-0.25, -0.2) is 0 Å². The van der Waals surface area contributed by atoms with Crippen molar-refractivity contribution in [3.05, 3.63) is 0 Å². The summed E-state index contributed by atoms with van der Waals surface area (Å²) in [7, 11) is 0. The lowest BCUT2D eigenvalue weighted by molar-refractivity contribution is -0.126. The highest BCUT2D eigenvalue weighted by Gasteiger charge is 2.27. The Kier molecular flexibility index (Phi) is 3.31. The fourth-order valence-electron chi connectivity index (χ4n) is 0.510. The molecule has 0 saturated carbocycles. The Balaban J connectivity index is 3.44. The molecule has 11 heavy (non-hydrogen) atoms. The van der Waals surface area contributed by atoms with Crippen molar-refractivity contribution < 1.29 is 18.3 Å². The number of nitrogens with one attached hydrogen (secondary N) is 1. The van der Waals surface area contributed by atoms with Crippen molar-refractivity contribution in [1.82, 2.24) is 5.32 Å². The molecule has 0 atom stereocenters. The molecule has 0 bridgehead atoms. The number of rotatable bonds is 3. The van der Waals surface area contributed by atoms with Crippen LogP contribution in [0, 0.1) is 0 Å². The monoisotopic (exact) mass is 171 g/mol. The molecule has 5 heteroatoms. The summed E-state index contributed by atoms with van der Waals surface area (Å²) in [6.07, 6.45) is -4.20. The first-order valence-corrected chi connectivity index (χ1v) is 3.20. The van der Waals surface area contributed by atoms with Gasteiger partial charge < -0.3 is 10.4 Å². The topological polar surface area (TPSA) is 32.3 Å². The number of alkyl halides is 3. The lowest BCUT2D eigenvalue weighted by atomic mass is 10.1. The molecule has 0 aromatic rings. The molecular formula is C6H12F3NO. The zero-order valence-electron chi connectivity index (χ0n) is 6.50. The van der Waals surface area contributed by atoms with Gasteiger partial charge in [-0.15, -0.1) is 0 Å². The maximum Gasteiger partial charge on any atom is 0.401 e. The number of hydrogen-bond donors (Lipinski definition) is 2. The smallest absolute Gasteiger partial charge is 0.389 e. The first-order valence-electron chi connectivity index (χ1n) is 3.20. The van der Waals surface area contributed by atoms with Crippen LogP contribution in [0.5, 0.6) is 0 Å². The van der Waals surface area contributed by atoms with E-state index >= 15 is 0 Å². The van der Waals surface area contributed by atoms with E-state index in [0.717, 1.165) is 0 Å². The number of hydrogen-bond acceptors (Lipinski definition) is 2. The maximum atomic E-state index is 11.5. The summed E-state index contributed by atoms with van der Waals surface area (Å²) in [6, 6.07) is 0. The van der Waals surface area contributed by atoms with Crippen molar-refractivity contribution in [3.63, 3.8) is 0 Å². The van der Waals surface area contributed by atoms with Gasteiger partial charge >= 0.3 is 6.18 Å². The maximum absolute atomic E-state index is 11.5. The highest BCUT2D eigenvalue weighted by molar-refractivity contribution is 4.69. The molecule has 0 fully saturated rings. The SMILES string of the molecule is CC(C)(O)CNCC(F)(F)F. The lowest BCUT2D eigenvalue weighted by Crippen LogP contribution is -2.39. The summed E-state index contributed by atoms with van der Waals surface area (Å²) in [6.45, 7) is 1.76. The summed E-state index contributed by atoms with van der Waals surface area (Å²) < 4.78 is 34.5. The molecule has 0 spiro atoms. The van der Waals surface area contributed by atoms with Gasteiger partial charge in [-0.3, -0.25) is 0 Å². The van der Waals surface area contributed by atoms with Crippen LogP contribution in [0.25, 0.3) is 0 Å². The van der Waals surface area contributed by atoms with Crippen LogP contribution in [0.4, 0.5) is 13.2 Å². The molecule has 0 saturated heterocycles. The second-order valence-electron chi connectivity index (χ2n) is 3.03. The fraction of sp³-hybridized carbons (Fsp3) is 1.00. The molecule has 0 aromatic heterocycles. The van der Waals surface area contributed by atoms with Gasteiger partial charge in [-0.05, 0) is 13.8 Å². The molecule has 0 aliphatic carbocycles. The van der Waals surface area contributed by atoms with E-state index in [9.17, 15) is 13.2 Å². The molecule has 0 aromatic carbocycles. The van der Waals surface area contributed by atoms with E-state index in [0.29, 0.717) is 0 Å². The van der Waals surface area contributed by atoms with Gasteiger partial charge in [0.05, 0.1) is 12.1 Å². The second-order valence-corrected chi connectivity index (χ2v) is 3.03. The average molecular weight is 171 g/mol. The quantitative estimate of drug-likeness (QED) is 0.661. The predicted molar refractivity (Wildman–Crippen MR) is 35.2 cm³/mol. The molecule has 0 rings (SSSR count). The highest BCUT2D eigenvalue weighted by atomic mass is 19.4. The van der Waals surface area contributed by atoms with E-state index in [1.165, 1.54) is 13.8 Å². The molecule has 0 amide bonds. The van der Waals surface area contributed by atoms with Crippen LogP contribution in [0.3, 0.4) is 0 Å². The largest absolute Gasteiger partial charge is 0.401 e. The minimum absolute atomic E-state index is 0.0630. The Morgan fingerprint density at radius 1 is 1.18 bits per heavy atom. The minimum atomic E-state index is -4.20. The van der Waals surface area contributed by atoms with Crippen LogP contribution in [0.15, 0.2) is 0 Å². The standard InChI is InChI=1S/C6H12F3NO/c1-5(2,11)3-10-4-6(7,8)9/h10-11H,3-4H2,1-2H3. The van der Waals surface area contributed by atoms with Crippen molar-refractivity contribution in [2.24, 2.45) is 0 Å².